The van der Waals surface area contributed by atoms with Crippen LogP contribution in [0, 0.1) is 6.92 Å². The molecule has 0 saturated carbocycles. The number of carbonyl (C=O) groups excluding carboxylic acids is 2. The number of ether oxygens (including phenoxy) is 2. The number of nitrogens with one attached hydrogen (secondary N) is 1. The molecule has 0 saturated heterocycles. The predicted octanol–water partition coefficient (Wildman–Crippen LogP) is 4.72. The molecule has 0 radical (unpaired) electrons. The van der Waals surface area contributed by atoms with Crippen molar-refractivity contribution in [3.05, 3.63) is 64.6 Å². The average molecular weight is 484 g/mol. The fourth-order valence-electron chi connectivity index (χ4n) is 2.47. The highest BCUT2D eigenvalue weighted by Gasteiger charge is 2.17. The molecule has 0 spiro atoms. The SMILES string of the molecule is Cc1cc(CSc2ncccc2C(=O)OCC(=O)Nc2ccc(OC(F)F)c(Cl)c2)no1. The minimum Gasteiger partial charge on any atom is -0.452 e. The molecule has 0 fully saturated rings. The molecule has 0 aliphatic carbocycles. The van der Waals surface area contributed by atoms with Gasteiger partial charge in [-0.25, -0.2) is 9.78 Å². The van der Waals surface area contributed by atoms with Crippen molar-refractivity contribution in [1.82, 2.24) is 10.1 Å². The van der Waals surface area contributed by atoms with Gasteiger partial charge >= 0.3 is 12.6 Å². The number of pyridine rings is 1. The first-order valence-electron chi connectivity index (χ1n) is 9.03. The summed E-state index contributed by atoms with van der Waals surface area (Å²) in [6, 6.07) is 8.63. The van der Waals surface area contributed by atoms with Crippen LogP contribution in [0.4, 0.5) is 14.5 Å². The Balaban J connectivity index is 1.55. The van der Waals surface area contributed by atoms with E-state index in [4.69, 9.17) is 20.9 Å². The van der Waals surface area contributed by atoms with E-state index in [9.17, 15) is 18.4 Å². The molecular weight excluding hydrogens is 468 g/mol. The standard InChI is InChI=1S/C20H16ClF2N3O5S/c1-11-7-13(26-31-11)10-32-18-14(3-2-6-24-18)19(28)29-9-17(27)25-12-4-5-16(15(21)8-12)30-20(22)23/h2-8,20H,9-10H2,1H3,(H,25,27). The minimum absolute atomic E-state index is 0.112. The molecule has 32 heavy (non-hydrogen) atoms. The third-order valence-electron chi connectivity index (χ3n) is 3.79. The van der Waals surface area contributed by atoms with Gasteiger partial charge in [-0.1, -0.05) is 28.5 Å². The fourth-order valence-corrected chi connectivity index (χ4v) is 3.55. The van der Waals surface area contributed by atoms with Gasteiger partial charge in [0.2, 0.25) is 0 Å². The van der Waals surface area contributed by atoms with Gasteiger partial charge in [0.1, 0.15) is 16.5 Å². The molecule has 168 valence electrons. The largest absolute Gasteiger partial charge is 0.452 e. The normalized spacial score (nSPS) is 10.8. The Hall–Kier alpha value is -3.18. The minimum atomic E-state index is -3.03. The van der Waals surface area contributed by atoms with Crippen LogP contribution < -0.4 is 10.1 Å². The van der Waals surface area contributed by atoms with Gasteiger partial charge in [-0.2, -0.15) is 8.78 Å². The number of hydrogen-bond acceptors (Lipinski definition) is 8. The maximum absolute atomic E-state index is 12.4. The lowest BCUT2D eigenvalue weighted by Gasteiger charge is -2.10. The van der Waals surface area contributed by atoms with Gasteiger partial charge < -0.3 is 19.3 Å². The highest BCUT2D eigenvalue weighted by atomic mass is 35.5. The van der Waals surface area contributed by atoms with Crippen LogP contribution in [0.1, 0.15) is 21.8 Å². The highest BCUT2D eigenvalue weighted by molar-refractivity contribution is 7.98. The third kappa shape index (κ3) is 6.66. The number of aryl methyl sites for hydroxylation is 1. The van der Waals surface area contributed by atoms with Crippen molar-refractivity contribution in [2.24, 2.45) is 0 Å². The number of amides is 1. The molecular formula is C20H16ClF2N3O5S. The van der Waals surface area contributed by atoms with Gasteiger partial charge in [0.25, 0.3) is 5.91 Å². The van der Waals surface area contributed by atoms with Crippen molar-refractivity contribution >= 4 is 40.9 Å². The van der Waals surface area contributed by atoms with Crippen LogP contribution in [0.25, 0.3) is 0 Å². The second kappa shape index (κ2) is 10.9. The topological polar surface area (TPSA) is 104 Å². The van der Waals surface area contributed by atoms with Gasteiger partial charge in [-0.3, -0.25) is 4.79 Å². The van der Waals surface area contributed by atoms with E-state index in [0.717, 1.165) is 0 Å². The Morgan fingerprint density at radius 3 is 2.78 bits per heavy atom. The Bertz CT molecular complexity index is 1110. The molecule has 3 aromatic rings. The number of benzene rings is 1. The quantitative estimate of drug-likeness (QED) is 0.344. The second-order valence-electron chi connectivity index (χ2n) is 6.22. The first-order chi connectivity index (χ1) is 15.3. The maximum Gasteiger partial charge on any atom is 0.387 e. The second-order valence-corrected chi connectivity index (χ2v) is 7.59. The van der Waals surface area contributed by atoms with Crippen LogP contribution in [-0.2, 0) is 15.3 Å². The van der Waals surface area contributed by atoms with Crippen LogP contribution in [0.3, 0.4) is 0 Å². The molecule has 0 unspecified atom stereocenters. The van der Waals surface area contributed by atoms with E-state index in [1.807, 2.05) is 0 Å². The number of halogens is 3. The zero-order chi connectivity index (χ0) is 23.1. The summed E-state index contributed by atoms with van der Waals surface area (Å²) >= 11 is 7.11. The summed E-state index contributed by atoms with van der Waals surface area (Å²) in [5.41, 5.74) is 1.11. The number of thioether (sulfide) groups is 1. The molecule has 2 aromatic heterocycles. The van der Waals surface area contributed by atoms with E-state index in [0.29, 0.717) is 22.2 Å². The summed E-state index contributed by atoms with van der Waals surface area (Å²) < 4.78 is 38.9. The number of nitrogens with zero attached hydrogens (tertiary/aromatic N) is 2. The van der Waals surface area contributed by atoms with Crippen LogP contribution in [0.15, 0.2) is 52.1 Å². The van der Waals surface area contributed by atoms with Crippen molar-refractivity contribution in [1.29, 1.82) is 0 Å². The van der Waals surface area contributed by atoms with Crippen molar-refractivity contribution in [3.63, 3.8) is 0 Å². The molecule has 1 amide bonds. The Labute approximate surface area is 190 Å². The zero-order valence-electron chi connectivity index (χ0n) is 16.5. The van der Waals surface area contributed by atoms with Crippen molar-refractivity contribution in [2.45, 2.75) is 24.3 Å². The van der Waals surface area contributed by atoms with Crippen LogP contribution in [0.5, 0.6) is 5.75 Å². The smallest absolute Gasteiger partial charge is 0.387 e. The molecule has 1 aromatic carbocycles. The molecule has 0 atom stereocenters. The van der Waals surface area contributed by atoms with Gasteiger partial charge in [-0.15, -0.1) is 0 Å². The van der Waals surface area contributed by atoms with Crippen LogP contribution >= 0.6 is 23.4 Å². The predicted molar refractivity (Wildman–Crippen MR) is 112 cm³/mol. The van der Waals surface area contributed by atoms with Crippen molar-refractivity contribution in [3.8, 4) is 5.75 Å². The first-order valence-corrected chi connectivity index (χ1v) is 10.4. The maximum atomic E-state index is 12.4. The van der Waals surface area contributed by atoms with Crippen molar-refractivity contribution in [2.75, 3.05) is 11.9 Å². The van der Waals surface area contributed by atoms with Gasteiger partial charge in [-0.05, 0) is 37.3 Å². The summed E-state index contributed by atoms with van der Waals surface area (Å²) in [6.45, 7) is -1.83. The first kappa shape index (κ1) is 23.5. The fraction of sp³-hybridized carbons (Fsp3) is 0.200. The summed E-state index contributed by atoms with van der Waals surface area (Å²) in [4.78, 5) is 28.7. The molecule has 0 aliphatic rings. The molecule has 2 heterocycles. The molecule has 3 rings (SSSR count). The molecule has 0 bridgehead atoms. The number of esters is 1. The van der Waals surface area contributed by atoms with Gasteiger partial charge in [0.05, 0.1) is 16.3 Å². The van der Waals surface area contributed by atoms with Crippen LogP contribution in [0.2, 0.25) is 5.02 Å². The summed E-state index contributed by atoms with van der Waals surface area (Å²) in [5, 5.41) is 6.64. The Kier molecular flexibility index (Phi) is 8.01. The highest BCUT2D eigenvalue weighted by Crippen LogP contribution is 2.29. The molecule has 12 heteroatoms. The lowest BCUT2D eigenvalue weighted by Crippen LogP contribution is -2.21. The molecule has 8 nitrogen and oxygen atoms in total. The van der Waals surface area contributed by atoms with E-state index >= 15 is 0 Å². The number of rotatable bonds is 9. The monoisotopic (exact) mass is 483 g/mol. The van der Waals surface area contributed by atoms with E-state index in [1.165, 1.54) is 42.2 Å². The summed E-state index contributed by atoms with van der Waals surface area (Å²) in [5.74, 6) is -0.502. The Morgan fingerprint density at radius 1 is 1.28 bits per heavy atom. The lowest BCUT2D eigenvalue weighted by atomic mass is 10.3. The zero-order valence-corrected chi connectivity index (χ0v) is 18.1. The Morgan fingerprint density at radius 2 is 2.09 bits per heavy atom. The third-order valence-corrected chi connectivity index (χ3v) is 5.12. The van der Waals surface area contributed by atoms with E-state index < -0.39 is 25.1 Å². The number of hydrogen-bond donors (Lipinski definition) is 1. The lowest BCUT2D eigenvalue weighted by molar-refractivity contribution is -0.119. The van der Waals surface area contributed by atoms with Crippen LogP contribution in [-0.4, -0.2) is 35.2 Å². The van der Waals surface area contributed by atoms with Gasteiger partial charge in [0.15, 0.2) is 6.61 Å². The summed E-state index contributed by atoms with van der Waals surface area (Å²) in [6.07, 6.45) is 1.53. The number of aromatic nitrogens is 2. The number of anilines is 1. The van der Waals surface area contributed by atoms with Gasteiger partial charge in [0, 0.05) is 23.7 Å². The van der Waals surface area contributed by atoms with Crippen molar-refractivity contribution < 1.29 is 32.4 Å². The average Bonchev–Trinajstić information content (AvgIpc) is 3.17. The summed E-state index contributed by atoms with van der Waals surface area (Å²) in [7, 11) is 0. The molecule has 1 N–H and O–H groups in total. The van der Waals surface area contributed by atoms with E-state index in [-0.39, 0.29) is 22.0 Å². The molecule has 0 aliphatic heterocycles. The van der Waals surface area contributed by atoms with E-state index in [2.05, 4.69) is 20.2 Å². The van der Waals surface area contributed by atoms with E-state index in [1.54, 1.807) is 19.1 Å². The number of carbonyl (C=O) groups is 2. The number of alkyl halides is 2.